The Morgan fingerprint density at radius 2 is 1.69 bits per heavy atom. The summed E-state index contributed by atoms with van der Waals surface area (Å²) in [5, 5.41) is 0. The minimum Gasteiger partial charge on any atom is -0.326 e. The Morgan fingerprint density at radius 1 is 1.03 bits per heavy atom. The van der Waals surface area contributed by atoms with Gasteiger partial charge in [0, 0.05) is 27.2 Å². The maximum Gasteiger partial charge on any atom is 0.334 e. The van der Waals surface area contributed by atoms with E-state index < -0.39 is 27.9 Å². The first-order valence-electron chi connectivity index (χ1n) is 9.22. The Kier molecular flexibility index (Phi) is 5.46. The summed E-state index contributed by atoms with van der Waals surface area (Å²) in [6.07, 6.45) is 0.762. The number of aryl methyl sites for hydroxylation is 1. The molecule has 0 bridgehead atoms. The molecule has 0 spiro atoms. The highest BCUT2D eigenvalue weighted by molar-refractivity contribution is 7.89. The summed E-state index contributed by atoms with van der Waals surface area (Å²) in [4.78, 5) is 42.9. The zero-order valence-corrected chi connectivity index (χ0v) is 17.6. The summed E-state index contributed by atoms with van der Waals surface area (Å²) >= 11 is 0. The number of likely N-dealkylation sites (N-methyl/N-ethyl adjacent to an activating group) is 1. The van der Waals surface area contributed by atoms with E-state index in [-0.39, 0.29) is 18.0 Å². The van der Waals surface area contributed by atoms with Crippen LogP contribution in [0.3, 0.4) is 0 Å². The van der Waals surface area contributed by atoms with Crippen molar-refractivity contribution in [2.45, 2.75) is 38.3 Å². The molecule has 4 amide bonds. The minimum atomic E-state index is -3.63. The van der Waals surface area contributed by atoms with E-state index in [2.05, 4.69) is 4.98 Å². The lowest BCUT2D eigenvalue weighted by molar-refractivity contribution is -0.143. The Balaban J connectivity index is 2.06. The third kappa shape index (κ3) is 3.40. The standard InChI is InChI=1S/C18H23N5O5S/c1-5-9-22-14-8-7-12(29(27,28)20(3)4)10-13(14)19-15(22)11-23-17(25)16(24)21(6-2)18(23)26/h7-8,10H,5-6,9,11H2,1-4H3. The monoisotopic (exact) mass is 421 g/mol. The van der Waals surface area contributed by atoms with Crippen molar-refractivity contribution in [1.82, 2.24) is 23.7 Å². The van der Waals surface area contributed by atoms with Gasteiger partial charge in [-0.05, 0) is 31.5 Å². The number of aromatic nitrogens is 2. The fourth-order valence-corrected chi connectivity index (χ4v) is 4.16. The second-order valence-electron chi connectivity index (χ2n) is 6.84. The van der Waals surface area contributed by atoms with Crippen molar-refractivity contribution >= 4 is 38.9 Å². The van der Waals surface area contributed by atoms with Gasteiger partial charge in [-0.15, -0.1) is 0 Å². The Hall–Kier alpha value is -2.79. The number of carbonyl (C=O) groups is 3. The van der Waals surface area contributed by atoms with E-state index in [9.17, 15) is 22.8 Å². The third-order valence-electron chi connectivity index (χ3n) is 4.78. The van der Waals surface area contributed by atoms with Crippen molar-refractivity contribution in [3.05, 3.63) is 24.0 Å². The van der Waals surface area contributed by atoms with Gasteiger partial charge < -0.3 is 4.57 Å². The lowest BCUT2D eigenvalue weighted by atomic mass is 10.3. The van der Waals surface area contributed by atoms with E-state index in [0.717, 1.165) is 20.5 Å². The predicted molar refractivity (Wildman–Crippen MR) is 104 cm³/mol. The minimum absolute atomic E-state index is 0.100. The van der Waals surface area contributed by atoms with E-state index >= 15 is 0 Å². The fourth-order valence-electron chi connectivity index (χ4n) is 3.23. The lowest BCUT2D eigenvalue weighted by Gasteiger charge is -2.15. The molecule has 10 nitrogen and oxygen atoms in total. The van der Waals surface area contributed by atoms with Crippen molar-refractivity contribution in [3.8, 4) is 0 Å². The number of hydrogen-bond donors (Lipinski definition) is 0. The van der Waals surface area contributed by atoms with Gasteiger partial charge in [0.05, 0.1) is 22.5 Å². The van der Waals surface area contributed by atoms with E-state index in [4.69, 9.17) is 0 Å². The maximum absolute atomic E-state index is 12.4. The van der Waals surface area contributed by atoms with Gasteiger partial charge in [-0.2, -0.15) is 0 Å². The van der Waals surface area contributed by atoms with Crippen LogP contribution in [-0.4, -0.2) is 70.6 Å². The molecule has 0 atom stereocenters. The van der Waals surface area contributed by atoms with Crippen molar-refractivity contribution in [1.29, 1.82) is 0 Å². The lowest BCUT2D eigenvalue weighted by Crippen LogP contribution is -2.33. The molecule has 2 aromatic rings. The van der Waals surface area contributed by atoms with Gasteiger partial charge in [0.15, 0.2) is 0 Å². The first kappa shape index (κ1) is 20.9. The van der Waals surface area contributed by atoms with Crippen LogP contribution in [0, 0.1) is 0 Å². The second kappa shape index (κ2) is 7.56. The fraction of sp³-hybridized carbons (Fsp3) is 0.444. The van der Waals surface area contributed by atoms with Crippen LogP contribution in [0.15, 0.2) is 23.1 Å². The van der Waals surface area contributed by atoms with Gasteiger partial charge in [0.1, 0.15) is 5.82 Å². The first-order chi connectivity index (χ1) is 13.6. The molecule has 2 heterocycles. The maximum atomic E-state index is 12.4. The number of nitrogens with zero attached hydrogens (tertiary/aromatic N) is 5. The molecule has 156 valence electrons. The van der Waals surface area contributed by atoms with Gasteiger partial charge in [-0.3, -0.25) is 14.5 Å². The third-order valence-corrected chi connectivity index (χ3v) is 6.59. The van der Waals surface area contributed by atoms with E-state index in [1.54, 1.807) is 13.0 Å². The summed E-state index contributed by atoms with van der Waals surface area (Å²) in [6, 6.07) is 3.96. The molecule has 11 heteroatoms. The van der Waals surface area contributed by atoms with Gasteiger partial charge >= 0.3 is 17.8 Å². The van der Waals surface area contributed by atoms with Crippen molar-refractivity contribution in [2.24, 2.45) is 0 Å². The van der Waals surface area contributed by atoms with Crippen molar-refractivity contribution < 1.29 is 22.8 Å². The SMILES string of the molecule is CCCn1c(CN2C(=O)C(=O)N(CC)C2=O)nc2cc(S(=O)(=O)N(C)C)ccc21. The van der Waals surface area contributed by atoms with Gasteiger partial charge in [0.2, 0.25) is 10.0 Å². The molecule has 0 radical (unpaired) electrons. The van der Waals surface area contributed by atoms with Crippen molar-refractivity contribution in [3.63, 3.8) is 0 Å². The number of benzene rings is 1. The van der Waals surface area contributed by atoms with Crippen LogP contribution in [0.5, 0.6) is 0 Å². The molecule has 0 aliphatic carbocycles. The summed E-state index contributed by atoms with van der Waals surface area (Å²) < 4.78 is 27.8. The molecular weight excluding hydrogens is 398 g/mol. The molecule has 1 aromatic carbocycles. The molecule has 29 heavy (non-hydrogen) atoms. The highest BCUT2D eigenvalue weighted by atomic mass is 32.2. The van der Waals surface area contributed by atoms with Crippen LogP contribution in [0.2, 0.25) is 0 Å². The number of rotatable bonds is 7. The van der Waals surface area contributed by atoms with E-state index in [1.165, 1.54) is 26.2 Å². The number of hydrogen-bond acceptors (Lipinski definition) is 6. The number of fused-ring (bicyclic) bond motifs is 1. The molecule has 1 saturated heterocycles. The Morgan fingerprint density at radius 3 is 2.24 bits per heavy atom. The Bertz CT molecular complexity index is 1110. The molecule has 1 aromatic heterocycles. The first-order valence-corrected chi connectivity index (χ1v) is 10.7. The smallest absolute Gasteiger partial charge is 0.326 e. The number of urea groups is 1. The largest absolute Gasteiger partial charge is 0.334 e. The molecule has 1 aliphatic heterocycles. The number of amides is 4. The number of carbonyl (C=O) groups excluding carboxylic acids is 3. The summed E-state index contributed by atoms with van der Waals surface area (Å²) in [5.41, 5.74) is 1.13. The van der Waals surface area contributed by atoms with Crippen LogP contribution in [0.4, 0.5) is 4.79 Å². The number of imide groups is 2. The zero-order valence-electron chi connectivity index (χ0n) is 16.7. The van der Waals surface area contributed by atoms with Crippen molar-refractivity contribution in [2.75, 3.05) is 20.6 Å². The van der Waals surface area contributed by atoms with Crippen LogP contribution in [0.1, 0.15) is 26.1 Å². The summed E-state index contributed by atoms with van der Waals surface area (Å²) in [7, 11) is -0.736. The highest BCUT2D eigenvalue weighted by Gasteiger charge is 2.44. The van der Waals surface area contributed by atoms with Crippen LogP contribution in [-0.2, 0) is 32.7 Å². The topological polar surface area (TPSA) is 113 Å². The molecule has 0 saturated carbocycles. The van der Waals surface area contributed by atoms with Crippen LogP contribution < -0.4 is 0 Å². The zero-order chi connectivity index (χ0) is 21.5. The van der Waals surface area contributed by atoms with Crippen LogP contribution in [0.25, 0.3) is 11.0 Å². The summed E-state index contributed by atoms with van der Waals surface area (Å²) in [6.45, 7) is 4.09. The molecule has 1 fully saturated rings. The van der Waals surface area contributed by atoms with E-state index in [0.29, 0.717) is 23.4 Å². The summed E-state index contributed by atoms with van der Waals surface area (Å²) in [5.74, 6) is -1.33. The average molecular weight is 421 g/mol. The molecule has 1 aliphatic rings. The van der Waals surface area contributed by atoms with E-state index in [1.807, 2.05) is 11.5 Å². The molecular formula is C18H23N5O5S. The highest BCUT2D eigenvalue weighted by Crippen LogP contribution is 2.24. The van der Waals surface area contributed by atoms with Crippen LogP contribution >= 0.6 is 0 Å². The Labute approximate surface area is 168 Å². The molecule has 3 rings (SSSR count). The molecule has 0 N–H and O–H groups in total. The normalized spacial score (nSPS) is 15.4. The number of sulfonamides is 1. The second-order valence-corrected chi connectivity index (χ2v) is 8.99. The van der Waals surface area contributed by atoms with Gasteiger partial charge in [-0.25, -0.2) is 27.4 Å². The predicted octanol–water partition coefficient (Wildman–Crippen LogP) is 1.01. The quantitative estimate of drug-likeness (QED) is 0.487. The van der Waals surface area contributed by atoms with Gasteiger partial charge in [-0.1, -0.05) is 6.92 Å². The number of imidazole rings is 1. The average Bonchev–Trinajstić information content (AvgIpc) is 3.11. The van der Waals surface area contributed by atoms with Gasteiger partial charge in [0.25, 0.3) is 0 Å². The molecule has 0 unspecified atom stereocenters.